The Balaban J connectivity index is 1.75. The maximum Gasteiger partial charge on any atom is 0.308 e. The van der Waals surface area contributed by atoms with Crippen LogP contribution < -0.4 is 0 Å². The van der Waals surface area contributed by atoms with E-state index in [4.69, 9.17) is 9.52 Å². The average molecular weight is 317 g/mol. The van der Waals surface area contributed by atoms with Gasteiger partial charge in [-0.15, -0.1) is 0 Å². The number of rotatable bonds is 3. The van der Waals surface area contributed by atoms with Crippen LogP contribution in [0.1, 0.15) is 23.4 Å². The van der Waals surface area contributed by atoms with Gasteiger partial charge in [0.05, 0.1) is 5.92 Å². The quantitative estimate of drug-likeness (QED) is 0.944. The fourth-order valence-corrected chi connectivity index (χ4v) is 2.74. The molecule has 2 heterocycles. The molecule has 0 radical (unpaired) electrons. The molecular weight excluding hydrogens is 301 g/mol. The molecule has 1 saturated heterocycles. The van der Waals surface area contributed by atoms with Gasteiger partial charge in [-0.3, -0.25) is 9.59 Å². The fourth-order valence-electron chi connectivity index (χ4n) is 2.74. The molecule has 0 unspecified atom stereocenters. The van der Waals surface area contributed by atoms with Gasteiger partial charge < -0.3 is 14.4 Å². The third-order valence-corrected chi connectivity index (χ3v) is 4.00. The second-order valence-corrected chi connectivity index (χ2v) is 5.60. The monoisotopic (exact) mass is 317 g/mol. The van der Waals surface area contributed by atoms with Crippen molar-refractivity contribution in [2.45, 2.75) is 12.8 Å². The summed E-state index contributed by atoms with van der Waals surface area (Å²) in [5, 5.41) is 9.09. The van der Waals surface area contributed by atoms with E-state index in [0.717, 1.165) is 0 Å². The number of amides is 1. The van der Waals surface area contributed by atoms with E-state index < -0.39 is 11.9 Å². The number of piperidine rings is 1. The Morgan fingerprint density at radius 2 is 1.91 bits per heavy atom. The van der Waals surface area contributed by atoms with Crippen LogP contribution in [0.4, 0.5) is 4.39 Å². The highest BCUT2D eigenvalue weighted by Crippen LogP contribution is 2.25. The first-order chi connectivity index (χ1) is 11.0. The van der Waals surface area contributed by atoms with Crippen molar-refractivity contribution in [2.75, 3.05) is 13.1 Å². The van der Waals surface area contributed by atoms with Crippen molar-refractivity contribution < 1.29 is 23.5 Å². The number of carboxylic acid groups (broad SMARTS) is 1. The number of carboxylic acids is 1. The van der Waals surface area contributed by atoms with E-state index in [2.05, 4.69) is 0 Å². The van der Waals surface area contributed by atoms with Gasteiger partial charge in [0.1, 0.15) is 11.6 Å². The predicted octanol–water partition coefficient (Wildman–Crippen LogP) is 3.02. The summed E-state index contributed by atoms with van der Waals surface area (Å²) in [6, 6.07) is 9.00. The van der Waals surface area contributed by atoms with Gasteiger partial charge in [0.2, 0.25) is 0 Å². The standard InChI is InChI=1S/C17H16FNO4/c18-13-5-3-11(4-6-13)14-7-8-15(23-14)16(20)19-9-1-2-12(10-19)17(21)22/h3-8,12H,1-2,9-10H2,(H,21,22)/t12-/m1/s1. The minimum absolute atomic E-state index is 0.162. The number of furan rings is 1. The van der Waals surface area contributed by atoms with Gasteiger partial charge in [0.25, 0.3) is 5.91 Å². The van der Waals surface area contributed by atoms with Crippen molar-refractivity contribution in [3.8, 4) is 11.3 Å². The van der Waals surface area contributed by atoms with Crippen LogP contribution >= 0.6 is 0 Å². The Morgan fingerprint density at radius 1 is 1.17 bits per heavy atom. The van der Waals surface area contributed by atoms with E-state index in [0.29, 0.717) is 30.7 Å². The Bertz CT molecular complexity index is 722. The van der Waals surface area contributed by atoms with Gasteiger partial charge in [0, 0.05) is 18.7 Å². The minimum atomic E-state index is -0.881. The van der Waals surface area contributed by atoms with Crippen LogP contribution in [0.5, 0.6) is 0 Å². The van der Waals surface area contributed by atoms with Crippen molar-refractivity contribution in [3.05, 3.63) is 48.0 Å². The SMILES string of the molecule is O=C(O)[C@@H]1CCCN(C(=O)c2ccc(-c3ccc(F)cc3)o2)C1. The van der Waals surface area contributed by atoms with E-state index in [1.54, 1.807) is 24.3 Å². The Morgan fingerprint density at radius 3 is 2.61 bits per heavy atom. The summed E-state index contributed by atoms with van der Waals surface area (Å²) < 4.78 is 18.5. The molecule has 1 aliphatic rings. The molecule has 1 fully saturated rings. The van der Waals surface area contributed by atoms with Gasteiger partial charge in [-0.25, -0.2) is 4.39 Å². The molecule has 1 amide bonds. The van der Waals surface area contributed by atoms with E-state index in [1.807, 2.05) is 0 Å². The molecule has 2 aromatic rings. The summed E-state index contributed by atoms with van der Waals surface area (Å²) in [7, 11) is 0. The van der Waals surface area contributed by atoms with Crippen molar-refractivity contribution in [3.63, 3.8) is 0 Å². The zero-order valence-electron chi connectivity index (χ0n) is 12.4. The van der Waals surface area contributed by atoms with Crippen LogP contribution in [0.3, 0.4) is 0 Å². The van der Waals surface area contributed by atoms with Gasteiger partial charge >= 0.3 is 5.97 Å². The highest BCUT2D eigenvalue weighted by Gasteiger charge is 2.29. The van der Waals surface area contributed by atoms with Crippen LogP contribution in [0, 0.1) is 11.7 Å². The smallest absolute Gasteiger partial charge is 0.308 e. The number of nitrogens with zero attached hydrogens (tertiary/aromatic N) is 1. The number of carbonyl (C=O) groups excluding carboxylic acids is 1. The Hall–Kier alpha value is -2.63. The number of hydrogen-bond acceptors (Lipinski definition) is 3. The zero-order valence-corrected chi connectivity index (χ0v) is 12.4. The lowest BCUT2D eigenvalue weighted by Gasteiger charge is -2.29. The Labute approximate surface area is 132 Å². The van der Waals surface area contributed by atoms with E-state index >= 15 is 0 Å². The second-order valence-electron chi connectivity index (χ2n) is 5.60. The number of carbonyl (C=O) groups is 2. The fraction of sp³-hybridized carbons (Fsp3) is 0.294. The van der Waals surface area contributed by atoms with Crippen LogP contribution in [0.15, 0.2) is 40.8 Å². The van der Waals surface area contributed by atoms with E-state index in [9.17, 15) is 14.0 Å². The largest absolute Gasteiger partial charge is 0.481 e. The first-order valence-electron chi connectivity index (χ1n) is 7.42. The molecule has 1 atom stereocenters. The van der Waals surface area contributed by atoms with Crippen LogP contribution in [0.2, 0.25) is 0 Å². The molecule has 3 rings (SSSR count). The number of aliphatic carboxylic acids is 1. The first-order valence-corrected chi connectivity index (χ1v) is 7.42. The molecule has 1 aliphatic heterocycles. The summed E-state index contributed by atoms with van der Waals surface area (Å²) >= 11 is 0. The molecule has 0 spiro atoms. The maximum absolute atomic E-state index is 12.9. The molecule has 5 nitrogen and oxygen atoms in total. The van der Waals surface area contributed by atoms with Crippen molar-refractivity contribution in [1.82, 2.24) is 4.90 Å². The number of hydrogen-bond donors (Lipinski definition) is 1. The third-order valence-electron chi connectivity index (χ3n) is 4.00. The molecule has 23 heavy (non-hydrogen) atoms. The molecule has 120 valence electrons. The Kier molecular flexibility index (Phi) is 4.14. The molecule has 1 N–H and O–H groups in total. The summed E-state index contributed by atoms with van der Waals surface area (Å²) in [6.45, 7) is 0.718. The zero-order chi connectivity index (χ0) is 16.4. The molecule has 1 aromatic heterocycles. The molecule has 0 saturated carbocycles. The number of benzene rings is 1. The van der Waals surface area contributed by atoms with Gasteiger partial charge in [-0.05, 0) is 49.2 Å². The van der Waals surface area contributed by atoms with Gasteiger partial charge in [-0.2, -0.15) is 0 Å². The van der Waals surface area contributed by atoms with E-state index in [-0.39, 0.29) is 24.0 Å². The van der Waals surface area contributed by atoms with Crippen molar-refractivity contribution in [2.24, 2.45) is 5.92 Å². The highest BCUT2D eigenvalue weighted by atomic mass is 19.1. The minimum Gasteiger partial charge on any atom is -0.481 e. The van der Waals surface area contributed by atoms with Crippen LogP contribution in [-0.4, -0.2) is 35.0 Å². The number of likely N-dealkylation sites (tertiary alicyclic amines) is 1. The van der Waals surface area contributed by atoms with Crippen molar-refractivity contribution in [1.29, 1.82) is 0 Å². The molecule has 6 heteroatoms. The first kappa shape index (κ1) is 15.3. The summed E-state index contributed by atoms with van der Waals surface area (Å²) in [6.07, 6.45) is 1.24. The van der Waals surface area contributed by atoms with Gasteiger partial charge in [-0.1, -0.05) is 0 Å². The predicted molar refractivity (Wildman–Crippen MR) is 80.4 cm³/mol. The summed E-state index contributed by atoms with van der Waals surface area (Å²) in [5.74, 6) is -1.43. The molecule has 0 aliphatic carbocycles. The lowest BCUT2D eigenvalue weighted by atomic mass is 9.98. The highest BCUT2D eigenvalue weighted by molar-refractivity contribution is 5.92. The third kappa shape index (κ3) is 3.26. The second kappa shape index (κ2) is 6.24. The van der Waals surface area contributed by atoms with Crippen LogP contribution in [0.25, 0.3) is 11.3 Å². The van der Waals surface area contributed by atoms with Crippen LogP contribution in [-0.2, 0) is 4.79 Å². The molecular formula is C17H16FNO4. The summed E-state index contributed by atoms with van der Waals surface area (Å²) in [5.41, 5.74) is 0.674. The maximum atomic E-state index is 12.9. The molecule has 1 aromatic carbocycles. The van der Waals surface area contributed by atoms with Crippen molar-refractivity contribution >= 4 is 11.9 Å². The van der Waals surface area contributed by atoms with Gasteiger partial charge in [0.15, 0.2) is 5.76 Å². The normalized spacial score (nSPS) is 18.0. The lowest BCUT2D eigenvalue weighted by Crippen LogP contribution is -2.42. The summed E-state index contributed by atoms with van der Waals surface area (Å²) in [4.78, 5) is 25.0. The molecule has 0 bridgehead atoms. The number of halogens is 1. The topological polar surface area (TPSA) is 70.8 Å². The van der Waals surface area contributed by atoms with E-state index in [1.165, 1.54) is 17.0 Å². The average Bonchev–Trinajstić information content (AvgIpc) is 3.05. The lowest BCUT2D eigenvalue weighted by molar-refractivity contribution is -0.143.